The van der Waals surface area contributed by atoms with E-state index in [0.717, 1.165) is 44.1 Å². The summed E-state index contributed by atoms with van der Waals surface area (Å²) in [5.74, 6) is -4.22. The monoisotopic (exact) mass is 546 g/mol. The Kier molecular flexibility index (Phi) is 4.90. The van der Waals surface area contributed by atoms with E-state index in [0.29, 0.717) is 12.8 Å². The van der Waals surface area contributed by atoms with Gasteiger partial charge in [0.15, 0.2) is 0 Å². The van der Waals surface area contributed by atoms with Crippen molar-refractivity contribution in [2.24, 2.45) is 29.6 Å². The molecule has 3 spiro atoms. The lowest BCUT2D eigenvalue weighted by Gasteiger charge is -2.61. The number of rotatable bonds is 2. The maximum Gasteiger partial charge on any atom is 0.344 e. The lowest BCUT2D eigenvalue weighted by Crippen LogP contribution is -2.75. The fourth-order valence-corrected chi connectivity index (χ4v) is 10.7. The normalized spacial score (nSPS) is 62.4. The van der Waals surface area contributed by atoms with E-state index in [2.05, 4.69) is 20.4 Å². The van der Waals surface area contributed by atoms with Gasteiger partial charge in [0.2, 0.25) is 11.4 Å². The molecule has 6 heterocycles. The smallest absolute Gasteiger partial charge is 0.344 e. The molecule has 1 unspecified atom stereocenters. The number of ether oxygens (including phenoxy) is 6. The molecule has 0 aromatic heterocycles. The molecular weight excluding hydrogens is 504 g/mol. The molecule has 216 valence electrons. The van der Waals surface area contributed by atoms with Gasteiger partial charge in [-0.05, 0) is 37.2 Å². The Morgan fingerprint density at radius 3 is 2.51 bits per heavy atom. The summed E-state index contributed by atoms with van der Waals surface area (Å²) in [6.07, 6.45) is 4.93. The summed E-state index contributed by atoms with van der Waals surface area (Å²) in [6.45, 7) is 12.1. The van der Waals surface area contributed by atoms with Crippen molar-refractivity contribution in [2.45, 2.75) is 132 Å². The fraction of sp³-hybridized carbons (Fsp3) is 0.900. The third-order valence-electron chi connectivity index (χ3n) is 12.3. The lowest BCUT2D eigenvalue weighted by molar-refractivity contribution is -0.435. The molecule has 2 aliphatic carbocycles. The van der Waals surface area contributed by atoms with Crippen LogP contribution in [0.3, 0.4) is 0 Å². The predicted molar refractivity (Wildman–Crippen MR) is 135 cm³/mol. The number of hydrogen-bond donors (Lipinski definition) is 2. The molecule has 0 amide bonds. The van der Waals surface area contributed by atoms with Crippen molar-refractivity contribution in [3.8, 4) is 0 Å². The van der Waals surface area contributed by atoms with Gasteiger partial charge in [0, 0.05) is 31.1 Å². The second kappa shape index (κ2) is 7.46. The second-order valence-electron chi connectivity index (χ2n) is 14.2. The minimum atomic E-state index is -1.73. The van der Waals surface area contributed by atoms with Crippen molar-refractivity contribution >= 4 is 5.97 Å². The molecule has 2 N–H and O–H groups in total. The SMILES string of the molecule is C=C(C)[C@]12C[C@@H](C)[C@]34OC5(CCCCCCC[C@H](C)[C@@H]6[C@@H]3[C@]3(O[C@@]6(C)OC3=O)[C@H](O)[C@@]3(CO)O[C@H]3[C@H]4[C@H]1O5)O2. The second-order valence-corrected chi connectivity index (χ2v) is 14.2. The van der Waals surface area contributed by atoms with Gasteiger partial charge in [0.25, 0.3) is 5.97 Å². The summed E-state index contributed by atoms with van der Waals surface area (Å²) < 4.78 is 40.2. The first kappa shape index (κ1) is 25.6. The van der Waals surface area contributed by atoms with Crippen LogP contribution in [0.15, 0.2) is 12.2 Å². The van der Waals surface area contributed by atoms with Gasteiger partial charge in [-0.2, -0.15) is 0 Å². The van der Waals surface area contributed by atoms with Gasteiger partial charge >= 0.3 is 5.97 Å². The molecule has 5 bridgehead atoms. The highest BCUT2D eigenvalue weighted by molar-refractivity contribution is 5.85. The number of aliphatic hydroxyl groups is 2. The minimum absolute atomic E-state index is 0.104. The predicted octanol–water partition coefficient (Wildman–Crippen LogP) is 2.95. The number of epoxide rings is 1. The minimum Gasteiger partial charge on any atom is -0.431 e. The van der Waals surface area contributed by atoms with Gasteiger partial charge in [-0.1, -0.05) is 52.5 Å². The van der Waals surface area contributed by atoms with Gasteiger partial charge in [0.1, 0.15) is 29.5 Å². The van der Waals surface area contributed by atoms with E-state index >= 15 is 0 Å². The highest BCUT2D eigenvalue weighted by Gasteiger charge is 2.93. The standard InChI is InChI=1S/C30H42O9/c1-15(2)26-13-17(4)29-19-21(26)35-28(38-26,39-29)12-10-8-6-7-9-11-16(3)18-20(29)30(24(33)36-25(18,5)37-30)23(32)27(14-31)22(19)34-27/h16-23,31-32H,1,6-14H2,2-5H3/t16-,17+,18+,19+,20-,21+,22-,23+,25+,26+,27-,28?,29+,30-/m0/s1. The zero-order chi connectivity index (χ0) is 27.4. The summed E-state index contributed by atoms with van der Waals surface area (Å²) in [7, 11) is 0. The number of esters is 1. The lowest BCUT2D eigenvalue weighted by atomic mass is 9.50. The molecule has 0 aromatic rings. The van der Waals surface area contributed by atoms with Gasteiger partial charge in [-0.3, -0.25) is 0 Å². The van der Waals surface area contributed by atoms with Crippen molar-refractivity contribution in [3.05, 3.63) is 12.2 Å². The molecule has 0 radical (unpaired) electrons. The van der Waals surface area contributed by atoms with Gasteiger partial charge in [-0.15, -0.1) is 0 Å². The van der Waals surface area contributed by atoms with Gasteiger partial charge in [-0.25, -0.2) is 4.79 Å². The van der Waals surface area contributed by atoms with Crippen LogP contribution in [0.2, 0.25) is 0 Å². The molecule has 9 heteroatoms. The van der Waals surface area contributed by atoms with E-state index in [9.17, 15) is 15.0 Å². The van der Waals surface area contributed by atoms with E-state index in [1.54, 1.807) is 0 Å². The molecule has 14 atom stereocenters. The van der Waals surface area contributed by atoms with Crippen LogP contribution in [0.4, 0.5) is 0 Å². The topological polar surface area (TPSA) is 116 Å². The molecule has 39 heavy (non-hydrogen) atoms. The third kappa shape index (κ3) is 2.63. The van der Waals surface area contributed by atoms with Crippen LogP contribution in [0, 0.1) is 29.6 Å². The maximum absolute atomic E-state index is 14.0. The first-order chi connectivity index (χ1) is 18.5. The van der Waals surface area contributed by atoms with E-state index in [1.165, 1.54) is 0 Å². The fourth-order valence-electron chi connectivity index (χ4n) is 10.7. The first-order valence-electron chi connectivity index (χ1n) is 15.1. The molecule has 9 nitrogen and oxygen atoms in total. The number of fused-ring (bicyclic) bond motifs is 3. The quantitative estimate of drug-likeness (QED) is 0.306. The first-order valence-corrected chi connectivity index (χ1v) is 15.1. The van der Waals surface area contributed by atoms with Crippen LogP contribution in [-0.2, 0) is 33.2 Å². The summed E-state index contributed by atoms with van der Waals surface area (Å²) >= 11 is 0. The van der Waals surface area contributed by atoms with E-state index in [-0.39, 0.29) is 17.8 Å². The highest BCUT2D eigenvalue weighted by Crippen LogP contribution is 2.77. The van der Waals surface area contributed by atoms with Crippen LogP contribution in [0.5, 0.6) is 0 Å². The number of carbonyl (C=O) groups is 1. The summed E-state index contributed by atoms with van der Waals surface area (Å²) in [4.78, 5) is 14.0. The van der Waals surface area contributed by atoms with Crippen LogP contribution in [0.1, 0.15) is 79.1 Å². The molecule has 6 aliphatic heterocycles. The molecule has 8 fully saturated rings. The Bertz CT molecular complexity index is 1140. The zero-order valence-corrected chi connectivity index (χ0v) is 23.4. The van der Waals surface area contributed by atoms with Crippen LogP contribution in [-0.4, -0.2) is 75.3 Å². The Labute approximate surface area is 229 Å². The third-order valence-corrected chi connectivity index (χ3v) is 12.3. The van der Waals surface area contributed by atoms with Crippen molar-refractivity contribution in [1.29, 1.82) is 0 Å². The van der Waals surface area contributed by atoms with Crippen molar-refractivity contribution in [3.63, 3.8) is 0 Å². The largest absolute Gasteiger partial charge is 0.431 e. The van der Waals surface area contributed by atoms with Gasteiger partial charge in [0.05, 0.1) is 12.2 Å². The van der Waals surface area contributed by atoms with E-state index < -0.39 is 76.9 Å². The average molecular weight is 547 g/mol. The summed E-state index contributed by atoms with van der Waals surface area (Å²) in [5, 5.41) is 22.9. The summed E-state index contributed by atoms with van der Waals surface area (Å²) in [6, 6.07) is 0. The highest BCUT2D eigenvalue weighted by atomic mass is 16.9. The zero-order valence-electron chi connectivity index (χ0n) is 23.4. The molecule has 0 aromatic carbocycles. The van der Waals surface area contributed by atoms with Crippen molar-refractivity contribution in [2.75, 3.05) is 6.61 Å². The number of carbonyl (C=O) groups excluding carboxylic acids is 1. The molecule has 8 aliphatic rings. The Hall–Kier alpha value is -1.07. The van der Waals surface area contributed by atoms with E-state index in [1.807, 2.05) is 13.8 Å². The van der Waals surface area contributed by atoms with E-state index in [4.69, 9.17) is 28.4 Å². The Balaban J connectivity index is 1.42. The average Bonchev–Trinajstić information content (AvgIpc) is 3.39. The maximum atomic E-state index is 14.0. The Morgan fingerprint density at radius 1 is 1.03 bits per heavy atom. The molecule has 6 saturated heterocycles. The molecule has 8 rings (SSSR count). The molecular formula is C30H42O9. The Morgan fingerprint density at radius 2 is 1.77 bits per heavy atom. The molecule has 2 saturated carbocycles. The van der Waals surface area contributed by atoms with Crippen LogP contribution < -0.4 is 0 Å². The number of hydrogen-bond acceptors (Lipinski definition) is 9. The number of aliphatic hydroxyl groups excluding tert-OH is 2. The van der Waals surface area contributed by atoms with Gasteiger partial charge < -0.3 is 38.6 Å². The van der Waals surface area contributed by atoms with Crippen LogP contribution >= 0.6 is 0 Å². The van der Waals surface area contributed by atoms with Crippen molar-refractivity contribution < 1.29 is 43.4 Å². The van der Waals surface area contributed by atoms with Crippen molar-refractivity contribution in [1.82, 2.24) is 0 Å². The van der Waals surface area contributed by atoms with Crippen LogP contribution in [0.25, 0.3) is 0 Å². The summed E-state index contributed by atoms with van der Waals surface area (Å²) in [5.41, 5.74) is -4.00.